The van der Waals surface area contributed by atoms with E-state index in [-0.39, 0.29) is 16.6 Å². The fourth-order valence-electron chi connectivity index (χ4n) is 1.21. The summed E-state index contributed by atoms with van der Waals surface area (Å²) in [5.74, 6) is -1.02. The Kier molecular flexibility index (Phi) is 5.08. The number of thioether (sulfide) groups is 1. The molecular weight excluding hydrogens is 275 g/mol. The fourth-order valence-corrected chi connectivity index (χ4v) is 1.54. The van der Waals surface area contributed by atoms with Crippen molar-refractivity contribution in [2.45, 2.75) is 0 Å². The number of rotatable bonds is 3. The molecule has 0 bridgehead atoms. The van der Waals surface area contributed by atoms with Crippen molar-refractivity contribution in [2.24, 2.45) is 4.99 Å². The number of hydrogen-bond acceptors (Lipinski definition) is 6. The highest BCUT2D eigenvalue weighted by Gasteiger charge is 2.19. The predicted molar refractivity (Wildman–Crippen MR) is 69.0 cm³/mol. The highest BCUT2D eigenvalue weighted by molar-refractivity contribution is 8.13. The van der Waals surface area contributed by atoms with E-state index in [1.165, 1.54) is 7.11 Å². The Balaban J connectivity index is 3.38. The second kappa shape index (κ2) is 6.55. The highest BCUT2D eigenvalue weighted by Crippen LogP contribution is 2.34. The van der Waals surface area contributed by atoms with Gasteiger partial charge < -0.3 is 4.74 Å². The number of ether oxygens (including phenoxy) is 1. The number of nitro groups is 1. The molecule has 0 saturated heterocycles. The monoisotopic (exact) mass is 284 g/mol. The van der Waals surface area contributed by atoms with Gasteiger partial charge in [0.25, 0.3) is 5.69 Å². The van der Waals surface area contributed by atoms with Crippen molar-refractivity contribution in [3.8, 4) is 11.9 Å². The molecule has 0 aliphatic heterocycles. The Bertz CT molecular complexity index is 571. The van der Waals surface area contributed by atoms with Crippen LogP contribution < -0.4 is 10.1 Å². The molecule has 0 saturated carbocycles. The van der Waals surface area contributed by atoms with Gasteiger partial charge in [-0.05, 0) is 6.26 Å². The lowest BCUT2D eigenvalue weighted by Gasteiger charge is -2.05. The van der Waals surface area contributed by atoms with Gasteiger partial charge in [-0.15, -0.1) is 0 Å². The van der Waals surface area contributed by atoms with Crippen LogP contribution in [0.3, 0.4) is 0 Å². The Hall–Kier alpha value is -2.34. The maximum absolute atomic E-state index is 13.5. The lowest BCUT2D eigenvalue weighted by Crippen LogP contribution is -2.12. The summed E-state index contributed by atoms with van der Waals surface area (Å²) in [6, 6.07) is 1.82. The Morgan fingerprint density at radius 1 is 1.68 bits per heavy atom. The largest absolute Gasteiger partial charge is 0.493 e. The number of nitro benzene ring substituents is 1. The van der Waals surface area contributed by atoms with Gasteiger partial charge in [-0.2, -0.15) is 5.26 Å². The van der Waals surface area contributed by atoms with E-state index in [4.69, 9.17) is 5.26 Å². The van der Waals surface area contributed by atoms with E-state index in [2.05, 4.69) is 15.0 Å². The molecule has 0 radical (unpaired) electrons. The van der Waals surface area contributed by atoms with Gasteiger partial charge in [0.05, 0.1) is 18.1 Å². The first kappa shape index (κ1) is 14.7. The van der Waals surface area contributed by atoms with Gasteiger partial charge in [0.2, 0.25) is 0 Å². The van der Waals surface area contributed by atoms with Gasteiger partial charge in [0.15, 0.2) is 22.9 Å². The average molecular weight is 284 g/mol. The second-order valence-electron chi connectivity index (χ2n) is 3.09. The molecule has 0 heterocycles. The van der Waals surface area contributed by atoms with Crippen molar-refractivity contribution < 1.29 is 14.1 Å². The van der Waals surface area contributed by atoms with Crippen LogP contribution in [0.5, 0.6) is 5.75 Å². The molecule has 7 nitrogen and oxygen atoms in total. The van der Waals surface area contributed by atoms with Gasteiger partial charge >= 0.3 is 0 Å². The van der Waals surface area contributed by atoms with E-state index < -0.39 is 16.4 Å². The topological polar surface area (TPSA) is 101 Å². The van der Waals surface area contributed by atoms with Crippen LogP contribution in [0.1, 0.15) is 0 Å². The quantitative estimate of drug-likeness (QED) is 0.228. The lowest BCUT2D eigenvalue weighted by molar-refractivity contribution is -0.384. The van der Waals surface area contributed by atoms with Gasteiger partial charge in [-0.25, -0.2) is 9.38 Å². The summed E-state index contributed by atoms with van der Waals surface area (Å²) in [6.07, 6.45) is 3.25. The van der Waals surface area contributed by atoms with E-state index in [0.29, 0.717) is 0 Å². The molecule has 0 spiro atoms. The summed E-state index contributed by atoms with van der Waals surface area (Å²) in [4.78, 5) is 14.0. The Labute approximate surface area is 112 Å². The van der Waals surface area contributed by atoms with Crippen LogP contribution >= 0.6 is 11.8 Å². The van der Waals surface area contributed by atoms with Crippen molar-refractivity contribution in [2.75, 3.05) is 13.4 Å². The molecule has 100 valence electrons. The third-order valence-electron chi connectivity index (χ3n) is 2.02. The molecule has 9 heteroatoms. The molecule has 1 aromatic rings. The normalized spacial score (nSPS) is 10.7. The van der Waals surface area contributed by atoms with Gasteiger partial charge in [0, 0.05) is 6.07 Å². The second-order valence-corrected chi connectivity index (χ2v) is 3.89. The number of hydrogen-bond donors (Lipinski definition) is 1. The van der Waals surface area contributed by atoms with Crippen molar-refractivity contribution in [1.29, 1.82) is 5.26 Å². The SMILES string of the molecule is COc1cc([N+](=O)[O-])c(N=C(NC#N)SC)cc1F. The van der Waals surface area contributed by atoms with Gasteiger partial charge in [-0.1, -0.05) is 11.8 Å². The molecule has 0 aromatic heterocycles. The number of aliphatic imine (C=N–C) groups is 1. The van der Waals surface area contributed by atoms with Crippen molar-refractivity contribution in [3.05, 3.63) is 28.1 Å². The Morgan fingerprint density at radius 3 is 2.84 bits per heavy atom. The highest BCUT2D eigenvalue weighted by atomic mass is 32.2. The molecule has 0 aliphatic carbocycles. The smallest absolute Gasteiger partial charge is 0.298 e. The predicted octanol–water partition coefficient (Wildman–Crippen LogP) is 2.16. The zero-order valence-corrected chi connectivity index (χ0v) is 10.8. The van der Waals surface area contributed by atoms with E-state index >= 15 is 0 Å². The fraction of sp³-hybridized carbons (Fsp3) is 0.200. The van der Waals surface area contributed by atoms with Crippen LogP contribution in [0.4, 0.5) is 15.8 Å². The van der Waals surface area contributed by atoms with Crippen LogP contribution in [-0.2, 0) is 0 Å². The Morgan fingerprint density at radius 2 is 2.37 bits per heavy atom. The van der Waals surface area contributed by atoms with E-state index in [0.717, 1.165) is 23.9 Å². The molecule has 0 unspecified atom stereocenters. The molecule has 0 fully saturated rings. The van der Waals surface area contributed by atoms with Crippen molar-refractivity contribution in [3.63, 3.8) is 0 Å². The molecule has 0 amide bonds. The third-order valence-corrected chi connectivity index (χ3v) is 2.60. The zero-order chi connectivity index (χ0) is 14.4. The van der Waals surface area contributed by atoms with Crippen LogP contribution in [0.15, 0.2) is 17.1 Å². The summed E-state index contributed by atoms with van der Waals surface area (Å²) >= 11 is 1.07. The summed E-state index contributed by atoms with van der Waals surface area (Å²) in [5, 5.41) is 21.7. The van der Waals surface area contributed by atoms with E-state index in [1.807, 2.05) is 0 Å². The number of benzene rings is 1. The minimum atomic E-state index is -0.774. The van der Waals surface area contributed by atoms with E-state index in [9.17, 15) is 14.5 Å². The number of nitriles is 1. The van der Waals surface area contributed by atoms with Gasteiger partial charge in [-0.3, -0.25) is 15.4 Å². The summed E-state index contributed by atoms with van der Waals surface area (Å²) in [5.41, 5.74) is -0.611. The molecule has 1 N–H and O–H groups in total. The summed E-state index contributed by atoms with van der Waals surface area (Å²) < 4.78 is 18.2. The molecule has 19 heavy (non-hydrogen) atoms. The van der Waals surface area contributed by atoms with Crippen LogP contribution in [-0.4, -0.2) is 23.5 Å². The molecule has 1 aromatic carbocycles. The number of nitrogens with one attached hydrogen (secondary N) is 1. The van der Waals surface area contributed by atoms with Crippen molar-refractivity contribution >= 4 is 28.3 Å². The molecule has 0 atom stereocenters. The first-order valence-corrected chi connectivity index (χ1v) is 6.05. The third kappa shape index (κ3) is 3.56. The van der Waals surface area contributed by atoms with Crippen LogP contribution in [0, 0.1) is 27.4 Å². The standard InChI is InChI=1S/C10H9FN4O3S/c1-18-9-4-8(15(16)17)7(3-6(9)11)14-10(19-2)13-5-12/h3-4H,1-2H3,(H,13,14). The van der Waals surface area contributed by atoms with Crippen LogP contribution in [0.2, 0.25) is 0 Å². The van der Waals surface area contributed by atoms with E-state index in [1.54, 1.807) is 12.4 Å². The number of nitrogens with zero attached hydrogens (tertiary/aromatic N) is 3. The van der Waals surface area contributed by atoms with Crippen LogP contribution in [0.25, 0.3) is 0 Å². The number of halogens is 1. The number of methoxy groups -OCH3 is 1. The zero-order valence-electron chi connectivity index (χ0n) is 10.0. The maximum Gasteiger partial charge on any atom is 0.298 e. The van der Waals surface area contributed by atoms with Crippen molar-refractivity contribution in [1.82, 2.24) is 5.32 Å². The first-order chi connectivity index (χ1) is 9.03. The minimum Gasteiger partial charge on any atom is -0.493 e. The molecule has 1 rings (SSSR count). The minimum absolute atomic E-state index is 0.121. The number of amidine groups is 1. The van der Waals surface area contributed by atoms with Gasteiger partial charge in [0.1, 0.15) is 5.69 Å². The summed E-state index contributed by atoms with van der Waals surface area (Å²) in [6.45, 7) is 0. The average Bonchev–Trinajstić information content (AvgIpc) is 2.38. The summed E-state index contributed by atoms with van der Waals surface area (Å²) in [7, 11) is 1.20. The maximum atomic E-state index is 13.5. The molecule has 0 aliphatic rings. The molecular formula is C10H9FN4O3S. The first-order valence-electron chi connectivity index (χ1n) is 4.83. The lowest BCUT2D eigenvalue weighted by atomic mass is 10.2.